The molecule has 4 rings (SSSR count). The number of ether oxygens (including phenoxy) is 2. The number of likely N-dealkylation sites (tertiary alicyclic amines) is 1. The van der Waals surface area contributed by atoms with Crippen molar-refractivity contribution in [3.8, 4) is 11.5 Å². The summed E-state index contributed by atoms with van der Waals surface area (Å²) in [6, 6.07) is 12.2. The van der Waals surface area contributed by atoms with E-state index in [9.17, 15) is 4.79 Å². The Morgan fingerprint density at radius 2 is 1.87 bits per heavy atom. The lowest BCUT2D eigenvalue weighted by Crippen LogP contribution is -2.37. The Kier molecular flexibility index (Phi) is 6.13. The van der Waals surface area contributed by atoms with Crippen molar-refractivity contribution in [3.63, 3.8) is 0 Å². The van der Waals surface area contributed by atoms with E-state index in [-0.39, 0.29) is 11.9 Å². The molecule has 2 aliphatic rings. The molecule has 2 aliphatic heterocycles. The quantitative estimate of drug-likeness (QED) is 0.761. The van der Waals surface area contributed by atoms with Crippen molar-refractivity contribution in [2.45, 2.75) is 25.3 Å². The first-order chi connectivity index (χ1) is 14.6. The zero-order valence-corrected chi connectivity index (χ0v) is 18.1. The Balaban J connectivity index is 1.53. The minimum absolute atomic E-state index is 0.125. The number of carbonyl (C=O) groups excluding carboxylic acids is 1. The zero-order valence-electron chi connectivity index (χ0n) is 18.1. The fourth-order valence-corrected chi connectivity index (χ4v) is 4.58. The van der Waals surface area contributed by atoms with Crippen LogP contribution in [0.25, 0.3) is 0 Å². The summed E-state index contributed by atoms with van der Waals surface area (Å²) in [6.07, 6.45) is 3.51. The van der Waals surface area contributed by atoms with Crippen LogP contribution in [0, 0.1) is 0 Å². The molecule has 30 heavy (non-hydrogen) atoms. The highest BCUT2D eigenvalue weighted by Crippen LogP contribution is 2.32. The van der Waals surface area contributed by atoms with Crippen LogP contribution in [-0.4, -0.2) is 58.3 Å². The van der Waals surface area contributed by atoms with Gasteiger partial charge in [-0.3, -0.25) is 9.69 Å². The lowest BCUT2D eigenvalue weighted by atomic mass is 10.0. The van der Waals surface area contributed by atoms with Gasteiger partial charge in [0.15, 0.2) is 0 Å². The molecule has 0 bridgehead atoms. The van der Waals surface area contributed by atoms with Gasteiger partial charge < -0.3 is 19.7 Å². The maximum atomic E-state index is 12.9. The molecule has 0 saturated carbocycles. The second kappa shape index (κ2) is 8.96. The van der Waals surface area contributed by atoms with Crippen molar-refractivity contribution in [2.75, 3.05) is 52.3 Å². The molecule has 1 N–H and O–H groups in total. The number of likely N-dealkylation sites (N-methyl/N-ethyl adjacent to an activating group) is 1. The number of nitrogens with one attached hydrogen (secondary N) is 1. The van der Waals surface area contributed by atoms with Gasteiger partial charge >= 0.3 is 0 Å². The molecule has 160 valence electrons. The van der Waals surface area contributed by atoms with E-state index < -0.39 is 0 Å². The van der Waals surface area contributed by atoms with Crippen LogP contribution in [0.3, 0.4) is 0 Å². The number of amides is 1. The predicted octanol–water partition coefficient (Wildman–Crippen LogP) is 3.26. The van der Waals surface area contributed by atoms with E-state index in [1.54, 1.807) is 32.4 Å². The minimum atomic E-state index is -0.125. The van der Waals surface area contributed by atoms with Gasteiger partial charge in [-0.25, -0.2) is 0 Å². The summed E-state index contributed by atoms with van der Waals surface area (Å²) in [6.45, 7) is 3.79. The van der Waals surface area contributed by atoms with Gasteiger partial charge in [0.2, 0.25) is 0 Å². The maximum Gasteiger partial charge on any atom is 0.255 e. The molecule has 6 nitrogen and oxygen atoms in total. The van der Waals surface area contributed by atoms with E-state index in [4.69, 9.17) is 9.47 Å². The van der Waals surface area contributed by atoms with Crippen LogP contribution >= 0.6 is 0 Å². The molecule has 0 aliphatic carbocycles. The third-order valence-corrected chi connectivity index (χ3v) is 6.31. The Morgan fingerprint density at radius 3 is 2.60 bits per heavy atom. The van der Waals surface area contributed by atoms with E-state index in [0.717, 1.165) is 26.1 Å². The first kappa shape index (κ1) is 20.5. The number of rotatable bonds is 7. The number of carbonyl (C=O) groups is 1. The summed E-state index contributed by atoms with van der Waals surface area (Å²) in [5, 5.41) is 3.15. The summed E-state index contributed by atoms with van der Waals surface area (Å²) in [4.78, 5) is 17.7. The number of hydrogen-bond acceptors (Lipinski definition) is 5. The zero-order chi connectivity index (χ0) is 21.1. The SMILES string of the molecule is COc1ccc(C(=O)NCC(c2ccc3c(c2)CCN3C)N2CCCC2)c(OC)c1. The maximum absolute atomic E-state index is 12.9. The predicted molar refractivity (Wildman–Crippen MR) is 119 cm³/mol. The lowest BCUT2D eigenvalue weighted by molar-refractivity contribution is 0.0935. The fourth-order valence-electron chi connectivity index (χ4n) is 4.58. The van der Waals surface area contributed by atoms with Gasteiger partial charge in [-0.05, 0) is 61.7 Å². The second-order valence-electron chi connectivity index (χ2n) is 8.09. The summed E-state index contributed by atoms with van der Waals surface area (Å²) in [7, 11) is 5.32. The number of anilines is 1. The third-order valence-electron chi connectivity index (χ3n) is 6.31. The molecule has 0 radical (unpaired) electrons. The van der Waals surface area contributed by atoms with E-state index in [2.05, 4.69) is 40.4 Å². The molecule has 1 saturated heterocycles. The van der Waals surface area contributed by atoms with Crippen LogP contribution in [0.2, 0.25) is 0 Å². The molecule has 1 fully saturated rings. The minimum Gasteiger partial charge on any atom is -0.497 e. The van der Waals surface area contributed by atoms with E-state index >= 15 is 0 Å². The molecule has 1 amide bonds. The van der Waals surface area contributed by atoms with E-state index in [1.807, 2.05) is 0 Å². The van der Waals surface area contributed by atoms with Crippen molar-refractivity contribution in [1.29, 1.82) is 0 Å². The van der Waals surface area contributed by atoms with Gasteiger partial charge in [0, 0.05) is 31.9 Å². The van der Waals surface area contributed by atoms with Crippen LogP contribution in [0.4, 0.5) is 5.69 Å². The van der Waals surface area contributed by atoms with Crippen LogP contribution < -0.4 is 19.7 Å². The van der Waals surface area contributed by atoms with Gasteiger partial charge in [0.1, 0.15) is 11.5 Å². The Hall–Kier alpha value is -2.73. The standard InChI is InChI=1S/C24H31N3O3/c1-26-13-10-18-14-17(6-9-21(18)26)22(27-11-4-5-12-27)16-25-24(28)20-8-7-19(29-2)15-23(20)30-3/h6-9,14-15,22H,4-5,10-13,16H2,1-3H3,(H,25,28). The van der Waals surface area contributed by atoms with Gasteiger partial charge in [-0.15, -0.1) is 0 Å². The Morgan fingerprint density at radius 1 is 1.07 bits per heavy atom. The molecule has 1 atom stereocenters. The second-order valence-corrected chi connectivity index (χ2v) is 8.09. The molecule has 2 heterocycles. The molecule has 2 aromatic carbocycles. The monoisotopic (exact) mass is 409 g/mol. The van der Waals surface area contributed by atoms with Crippen molar-refractivity contribution >= 4 is 11.6 Å². The van der Waals surface area contributed by atoms with Gasteiger partial charge in [-0.1, -0.05) is 12.1 Å². The number of benzene rings is 2. The molecule has 6 heteroatoms. The number of hydrogen-bond donors (Lipinski definition) is 1. The van der Waals surface area contributed by atoms with Crippen molar-refractivity contribution in [3.05, 3.63) is 53.1 Å². The molecular weight excluding hydrogens is 378 g/mol. The largest absolute Gasteiger partial charge is 0.497 e. The average molecular weight is 410 g/mol. The van der Waals surface area contributed by atoms with Crippen LogP contribution in [-0.2, 0) is 6.42 Å². The average Bonchev–Trinajstić information content (AvgIpc) is 3.43. The van der Waals surface area contributed by atoms with Crippen molar-refractivity contribution in [1.82, 2.24) is 10.2 Å². The first-order valence-corrected chi connectivity index (χ1v) is 10.7. The molecule has 1 unspecified atom stereocenters. The highest BCUT2D eigenvalue weighted by Gasteiger charge is 2.26. The summed E-state index contributed by atoms with van der Waals surface area (Å²) >= 11 is 0. The van der Waals surface area contributed by atoms with Gasteiger partial charge in [0.05, 0.1) is 25.8 Å². The topological polar surface area (TPSA) is 54.0 Å². The Bertz CT molecular complexity index is 909. The number of nitrogens with zero attached hydrogens (tertiary/aromatic N) is 2. The molecule has 0 spiro atoms. The van der Waals surface area contributed by atoms with Gasteiger partial charge in [0.25, 0.3) is 5.91 Å². The normalized spacial score (nSPS) is 17.0. The third kappa shape index (κ3) is 4.10. The highest BCUT2D eigenvalue weighted by atomic mass is 16.5. The highest BCUT2D eigenvalue weighted by molar-refractivity contribution is 5.97. The molecular formula is C24H31N3O3. The van der Waals surface area contributed by atoms with Crippen molar-refractivity contribution < 1.29 is 14.3 Å². The smallest absolute Gasteiger partial charge is 0.255 e. The fraction of sp³-hybridized carbons (Fsp3) is 0.458. The Labute approximate surface area is 178 Å². The van der Waals surface area contributed by atoms with Crippen LogP contribution in [0.5, 0.6) is 11.5 Å². The molecule has 0 aromatic heterocycles. The summed E-state index contributed by atoms with van der Waals surface area (Å²) < 4.78 is 10.6. The van der Waals surface area contributed by atoms with Crippen molar-refractivity contribution in [2.24, 2.45) is 0 Å². The number of fused-ring (bicyclic) bond motifs is 1. The van der Waals surface area contributed by atoms with Crippen LogP contribution in [0.1, 0.15) is 40.4 Å². The van der Waals surface area contributed by atoms with E-state index in [1.165, 1.54) is 29.7 Å². The molecule has 2 aromatic rings. The summed E-state index contributed by atoms with van der Waals surface area (Å²) in [5.74, 6) is 1.06. The summed E-state index contributed by atoms with van der Waals surface area (Å²) in [5.41, 5.74) is 4.54. The van der Waals surface area contributed by atoms with E-state index in [0.29, 0.717) is 23.6 Å². The lowest BCUT2D eigenvalue weighted by Gasteiger charge is -2.29. The number of methoxy groups -OCH3 is 2. The van der Waals surface area contributed by atoms with Gasteiger partial charge in [-0.2, -0.15) is 0 Å². The van der Waals surface area contributed by atoms with Crippen LogP contribution in [0.15, 0.2) is 36.4 Å². The first-order valence-electron chi connectivity index (χ1n) is 10.7.